The maximum atomic E-state index is 5.62. The van der Waals surface area contributed by atoms with Crippen LogP contribution in [0.1, 0.15) is 19.3 Å². The van der Waals surface area contributed by atoms with Gasteiger partial charge in [0, 0.05) is 13.1 Å². The van der Waals surface area contributed by atoms with Crippen LogP contribution in [0.4, 0.5) is 5.95 Å². The predicted octanol–water partition coefficient (Wildman–Crippen LogP) is 1.05. The summed E-state index contributed by atoms with van der Waals surface area (Å²) in [5.41, 5.74) is 5.62. The molecule has 0 aromatic carbocycles. The van der Waals surface area contributed by atoms with E-state index in [1.165, 1.54) is 12.8 Å². The zero-order valence-corrected chi connectivity index (χ0v) is 10.3. The fourth-order valence-corrected chi connectivity index (χ4v) is 2.30. The maximum absolute atomic E-state index is 5.62. The smallest absolute Gasteiger partial charge is 0.225 e. The molecule has 0 amide bonds. The molecular weight excluding hydrogens is 216 g/mol. The van der Waals surface area contributed by atoms with E-state index in [0.29, 0.717) is 11.7 Å². The Morgan fingerprint density at radius 3 is 2.88 bits per heavy atom. The molecule has 0 saturated carbocycles. The van der Waals surface area contributed by atoms with E-state index >= 15 is 0 Å². The number of anilines is 1. The zero-order valence-electron chi connectivity index (χ0n) is 10.3. The SMILES string of the molecule is COc1cnc(N2CCCC(CCN)C2)nc1. The second-order valence-electron chi connectivity index (χ2n) is 4.45. The average Bonchev–Trinajstić information content (AvgIpc) is 2.40. The lowest BCUT2D eigenvalue weighted by atomic mass is 9.95. The van der Waals surface area contributed by atoms with Gasteiger partial charge in [-0.3, -0.25) is 0 Å². The minimum atomic E-state index is 0.680. The number of aromatic nitrogens is 2. The molecule has 17 heavy (non-hydrogen) atoms. The van der Waals surface area contributed by atoms with Crippen LogP contribution in [0.15, 0.2) is 12.4 Å². The summed E-state index contributed by atoms with van der Waals surface area (Å²) >= 11 is 0. The topological polar surface area (TPSA) is 64.3 Å². The van der Waals surface area contributed by atoms with Crippen LogP contribution in [0, 0.1) is 5.92 Å². The Hall–Kier alpha value is -1.36. The summed E-state index contributed by atoms with van der Waals surface area (Å²) in [6.45, 7) is 2.82. The minimum absolute atomic E-state index is 0.680. The number of methoxy groups -OCH3 is 1. The highest BCUT2D eigenvalue weighted by Gasteiger charge is 2.20. The molecule has 1 aromatic rings. The van der Waals surface area contributed by atoms with Gasteiger partial charge in [0.05, 0.1) is 19.5 Å². The number of piperidine rings is 1. The van der Waals surface area contributed by atoms with E-state index in [9.17, 15) is 0 Å². The van der Waals surface area contributed by atoms with Gasteiger partial charge in [-0.15, -0.1) is 0 Å². The third kappa shape index (κ3) is 3.06. The molecule has 1 aromatic heterocycles. The van der Waals surface area contributed by atoms with E-state index in [-0.39, 0.29) is 0 Å². The van der Waals surface area contributed by atoms with Crippen LogP contribution in [0.5, 0.6) is 5.75 Å². The van der Waals surface area contributed by atoms with Crippen molar-refractivity contribution in [3.05, 3.63) is 12.4 Å². The standard InChI is InChI=1S/C12H20N4O/c1-17-11-7-14-12(15-8-11)16-6-2-3-10(9-16)4-5-13/h7-8,10H,2-6,9,13H2,1H3. The highest BCUT2D eigenvalue weighted by atomic mass is 16.5. The molecule has 5 heteroatoms. The summed E-state index contributed by atoms with van der Waals surface area (Å²) in [5.74, 6) is 2.18. The summed E-state index contributed by atoms with van der Waals surface area (Å²) in [5, 5.41) is 0. The van der Waals surface area contributed by atoms with Crippen molar-refractivity contribution < 1.29 is 4.74 Å². The molecule has 94 valence electrons. The first-order valence-corrected chi connectivity index (χ1v) is 6.14. The molecule has 1 saturated heterocycles. The van der Waals surface area contributed by atoms with Crippen LogP contribution in [0.3, 0.4) is 0 Å². The summed E-state index contributed by atoms with van der Waals surface area (Å²) in [4.78, 5) is 10.9. The molecule has 2 heterocycles. The van der Waals surface area contributed by atoms with E-state index in [4.69, 9.17) is 10.5 Å². The normalized spacial score (nSPS) is 20.4. The fourth-order valence-electron chi connectivity index (χ4n) is 2.30. The van der Waals surface area contributed by atoms with E-state index in [0.717, 1.165) is 32.0 Å². The van der Waals surface area contributed by atoms with Crippen LogP contribution < -0.4 is 15.4 Å². The summed E-state index contributed by atoms with van der Waals surface area (Å²) < 4.78 is 5.06. The van der Waals surface area contributed by atoms with Crippen molar-refractivity contribution in [3.8, 4) is 5.75 Å². The highest BCUT2D eigenvalue weighted by Crippen LogP contribution is 2.22. The molecule has 1 aliphatic rings. The average molecular weight is 236 g/mol. The molecule has 1 fully saturated rings. The lowest BCUT2D eigenvalue weighted by Gasteiger charge is -2.32. The van der Waals surface area contributed by atoms with E-state index < -0.39 is 0 Å². The number of rotatable bonds is 4. The van der Waals surface area contributed by atoms with E-state index in [1.54, 1.807) is 19.5 Å². The van der Waals surface area contributed by atoms with Gasteiger partial charge in [0.1, 0.15) is 0 Å². The molecule has 0 bridgehead atoms. The van der Waals surface area contributed by atoms with Gasteiger partial charge in [0.25, 0.3) is 0 Å². The molecule has 1 aliphatic heterocycles. The van der Waals surface area contributed by atoms with Crippen molar-refractivity contribution in [3.63, 3.8) is 0 Å². The molecule has 2 rings (SSSR count). The van der Waals surface area contributed by atoms with Crippen LogP contribution in [-0.2, 0) is 0 Å². The van der Waals surface area contributed by atoms with Crippen LogP contribution in [-0.4, -0.2) is 36.7 Å². The number of hydrogen-bond donors (Lipinski definition) is 1. The quantitative estimate of drug-likeness (QED) is 0.846. The Morgan fingerprint density at radius 1 is 1.47 bits per heavy atom. The van der Waals surface area contributed by atoms with Gasteiger partial charge in [-0.2, -0.15) is 0 Å². The summed E-state index contributed by atoms with van der Waals surface area (Å²) in [6, 6.07) is 0. The lowest BCUT2D eigenvalue weighted by molar-refractivity contribution is 0.390. The van der Waals surface area contributed by atoms with Crippen molar-refractivity contribution >= 4 is 5.95 Å². The van der Waals surface area contributed by atoms with Gasteiger partial charge in [0.15, 0.2) is 5.75 Å². The Bertz CT molecular complexity index is 339. The number of nitrogens with zero attached hydrogens (tertiary/aromatic N) is 3. The zero-order chi connectivity index (χ0) is 12.1. The second-order valence-corrected chi connectivity index (χ2v) is 4.45. The fraction of sp³-hybridized carbons (Fsp3) is 0.667. The largest absolute Gasteiger partial charge is 0.494 e. The molecule has 5 nitrogen and oxygen atoms in total. The Balaban J connectivity index is 2.00. The van der Waals surface area contributed by atoms with Crippen molar-refractivity contribution in [2.75, 3.05) is 31.6 Å². The molecule has 1 unspecified atom stereocenters. The van der Waals surface area contributed by atoms with E-state index in [1.807, 2.05) is 0 Å². The van der Waals surface area contributed by atoms with Crippen molar-refractivity contribution in [1.29, 1.82) is 0 Å². The van der Waals surface area contributed by atoms with Gasteiger partial charge in [0.2, 0.25) is 5.95 Å². The molecule has 0 spiro atoms. The van der Waals surface area contributed by atoms with Crippen LogP contribution in [0.2, 0.25) is 0 Å². The number of ether oxygens (including phenoxy) is 1. The third-order valence-corrected chi connectivity index (χ3v) is 3.23. The first kappa shape index (κ1) is 12.1. The van der Waals surface area contributed by atoms with E-state index in [2.05, 4.69) is 14.9 Å². The second kappa shape index (κ2) is 5.82. The predicted molar refractivity (Wildman–Crippen MR) is 67.2 cm³/mol. The molecule has 1 atom stereocenters. The monoisotopic (exact) mass is 236 g/mol. The first-order chi connectivity index (χ1) is 8.33. The van der Waals surface area contributed by atoms with Gasteiger partial charge in [-0.1, -0.05) is 0 Å². The van der Waals surface area contributed by atoms with Crippen LogP contribution in [0.25, 0.3) is 0 Å². The molecular formula is C12H20N4O. The van der Waals surface area contributed by atoms with Crippen molar-refractivity contribution in [1.82, 2.24) is 9.97 Å². The van der Waals surface area contributed by atoms with Crippen molar-refractivity contribution in [2.24, 2.45) is 11.7 Å². The maximum Gasteiger partial charge on any atom is 0.225 e. The number of nitrogens with two attached hydrogens (primary N) is 1. The van der Waals surface area contributed by atoms with Crippen LogP contribution >= 0.6 is 0 Å². The molecule has 0 aliphatic carbocycles. The first-order valence-electron chi connectivity index (χ1n) is 6.14. The molecule has 0 radical (unpaired) electrons. The number of hydrogen-bond acceptors (Lipinski definition) is 5. The molecule has 2 N–H and O–H groups in total. The van der Waals surface area contributed by atoms with Gasteiger partial charge >= 0.3 is 0 Å². The van der Waals surface area contributed by atoms with Crippen molar-refractivity contribution in [2.45, 2.75) is 19.3 Å². The summed E-state index contributed by atoms with van der Waals surface area (Å²) in [6.07, 6.45) is 6.99. The van der Waals surface area contributed by atoms with Gasteiger partial charge in [-0.25, -0.2) is 9.97 Å². The summed E-state index contributed by atoms with van der Waals surface area (Å²) in [7, 11) is 1.62. The Kier molecular flexibility index (Phi) is 4.14. The minimum Gasteiger partial charge on any atom is -0.494 e. The Labute approximate surface area is 102 Å². The van der Waals surface area contributed by atoms with Gasteiger partial charge < -0.3 is 15.4 Å². The highest BCUT2D eigenvalue weighted by molar-refractivity contribution is 5.32. The Morgan fingerprint density at radius 2 is 2.24 bits per heavy atom. The third-order valence-electron chi connectivity index (χ3n) is 3.23. The lowest BCUT2D eigenvalue weighted by Crippen LogP contribution is -2.37. The van der Waals surface area contributed by atoms with Gasteiger partial charge in [-0.05, 0) is 31.7 Å².